The predicted octanol–water partition coefficient (Wildman–Crippen LogP) is 4.09. The third-order valence-electron chi connectivity index (χ3n) is 5.86. The smallest absolute Gasteiger partial charge is 0.312 e. The minimum absolute atomic E-state index is 0.0727. The van der Waals surface area contributed by atoms with E-state index >= 15 is 0 Å². The third kappa shape index (κ3) is 2.17. The number of carbonyl (C=O) groups is 1. The van der Waals surface area contributed by atoms with E-state index in [1.165, 1.54) is 53.1 Å². The van der Waals surface area contributed by atoms with Crippen LogP contribution in [0, 0.1) is 12.3 Å². The lowest BCUT2D eigenvalue weighted by Gasteiger charge is -2.23. The summed E-state index contributed by atoms with van der Waals surface area (Å²) in [5.41, 5.74) is 4.81. The second kappa shape index (κ2) is 5.05. The molecule has 0 amide bonds. The third-order valence-corrected chi connectivity index (χ3v) is 5.86. The van der Waals surface area contributed by atoms with Crippen LogP contribution in [-0.4, -0.2) is 18.1 Å². The molecule has 1 unspecified atom stereocenters. The molecule has 4 rings (SSSR count). The molecule has 2 aromatic rings. The van der Waals surface area contributed by atoms with Crippen molar-refractivity contribution in [2.75, 3.05) is 7.11 Å². The number of hydrogen-bond donors (Lipinski definition) is 0. The van der Waals surface area contributed by atoms with Crippen LogP contribution in [0.15, 0.2) is 18.3 Å². The molecule has 0 bridgehead atoms. The van der Waals surface area contributed by atoms with Gasteiger partial charge < -0.3 is 4.74 Å². The molecule has 1 fully saturated rings. The van der Waals surface area contributed by atoms with Crippen LogP contribution in [0.3, 0.4) is 0 Å². The molecule has 2 aliphatic rings. The molecule has 1 aromatic heterocycles. The lowest BCUT2D eigenvalue weighted by molar-refractivity contribution is -0.152. The number of hydrogen-bond acceptors (Lipinski definition) is 3. The SMILES string of the molecule is CCC1(C(=O)OC)Cc2cc3cnc(C4CC4)cc3c(C)c2C1. The Bertz CT molecular complexity index is 807. The molecule has 120 valence electrons. The average molecular weight is 309 g/mol. The normalized spacial score (nSPS) is 23.1. The number of rotatable bonds is 3. The van der Waals surface area contributed by atoms with E-state index in [9.17, 15) is 4.79 Å². The van der Waals surface area contributed by atoms with E-state index in [1.54, 1.807) is 0 Å². The van der Waals surface area contributed by atoms with Crippen LogP contribution in [-0.2, 0) is 22.4 Å². The molecular weight excluding hydrogens is 286 g/mol. The van der Waals surface area contributed by atoms with Gasteiger partial charge in [-0.25, -0.2) is 0 Å². The molecule has 3 nitrogen and oxygen atoms in total. The molecule has 23 heavy (non-hydrogen) atoms. The van der Waals surface area contributed by atoms with Crippen molar-refractivity contribution in [1.29, 1.82) is 0 Å². The highest BCUT2D eigenvalue weighted by molar-refractivity contribution is 5.89. The summed E-state index contributed by atoms with van der Waals surface area (Å²) in [5.74, 6) is 0.591. The first-order chi connectivity index (χ1) is 11.1. The molecular formula is C20H23NO2. The lowest BCUT2D eigenvalue weighted by atomic mass is 9.82. The molecule has 1 atom stereocenters. The molecule has 1 heterocycles. The van der Waals surface area contributed by atoms with Crippen LogP contribution in [0.4, 0.5) is 0 Å². The molecule has 1 aromatic carbocycles. The summed E-state index contributed by atoms with van der Waals surface area (Å²) in [5, 5.41) is 2.50. The van der Waals surface area contributed by atoms with E-state index in [1.807, 2.05) is 6.20 Å². The largest absolute Gasteiger partial charge is 0.469 e. The van der Waals surface area contributed by atoms with Gasteiger partial charge in [0.15, 0.2) is 0 Å². The number of fused-ring (bicyclic) bond motifs is 2. The van der Waals surface area contributed by atoms with Crippen molar-refractivity contribution < 1.29 is 9.53 Å². The van der Waals surface area contributed by atoms with E-state index in [2.05, 4.69) is 31.0 Å². The maximum atomic E-state index is 12.4. The fraction of sp³-hybridized carbons (Fsp3) is 0.500. The molecule has 0 spiro atoms. The predicted molar refractivity (Wildman–Crippen MR) is 90.6 cm³/mol. The minimum atomic E-state index is -0.383. The van der Waals surface area contributed by atoms with Crippen LogP contribution in [0.1, 0.15) is 54.5 Å². The second-order valence-corrected chi connectivity index (χ2v) is 7.22. The first-order valence-electron chi connectivity index (χ1n) is 8.57. The number of benzene rings is 1. The molecule has 0 radical (unpaired) electrons. The summed E-state index contributed by atoms with van der Waals surface area (Å²) in [4.78, 5) is 17.0. The van der Waals surface area contributed by atoms with Crippen molar-refractivity contribution in [2.45, 2.75) is 51.9 Å². The van der Waals surface area contributed by atoms with Crippen molar-refractivity contribution >= 4 is 16.7 Å². The summed E-state index contributed by atoms with van der Waals surface area (Å²) in [6.07, 6.45) is 6.95. The van der Waals surface area contributed by atoms with Crippen molar-refractivity contribution in [1.82, 2.24) is 4.98 Å². The van der Waals surface area contributed by atoms with Gasteiger partial charge in [0.05, 0.1) is 12.5 Å². The number of carbonyl (C=O) groups excluding carboxylic acids is 1. The Morgan fingerprint density at radius 1 is 1.35 bits per heavy atom. The van der Waals surface area contributed by atoms with Gasteiger partial charge in [-0.2, -0.15) is 0 Å². The van der Waals surface area contributed by atoms with E-state index in [0.717, 1.165) is 19.3 Å². The van der Waals surface area contributed by atoms with Gasteiger partial charge in [0.1, 0.15) is 0 Å². The van der Waals surface area contributed by atoms with E-state index in [0.29, 0.717) is 5.92 Å². The molecule has 2 aliphatic carbocycles. The first-order valence-corrected chi connectivity index (χ1v) is 8.57. The Morgan fingerprint density at radius 3 is 2.78 bits per heavy atom. The van der Waals surface area contributed by atoms with Crippen molar-refractivity contribution in [3.63, 3.8) is 0 Å². The molecule has 1 saturated carbocycles. The minimum Gasteiger partial charge on any atom is -0.469 e. The fourth-order valence-electron chi connectivity index (χ4n) is 4.13. The van der Waals surface area contributed by atoms with Crippen LogP contribution < -0.4 is 0 Å². The Balaban J connectivity index is 1.83. The summed E-state index contributed by atoms with van der Waals surface area (Å²) in [7, 11) is 1.50. The number of methoxy groups -OCH3 is 1. The van der Waals surface area contributed by atoms with E-state index in [-0.39, 0.29) is 11.4 Å². The van der Waals surface area contributed by atoms with Crippen molar-refractivity contribution in [3.8, 4) is 0 Å². The number of ether oxygens (including phenoxy) is 1. The Labute approximate surface area is 137 Å². The van der Waals surface area contributed by atoms with Gasteiger partial charge in [0.25, 0.3) is 0 Å². The number of aryl methyl sites for hydroxylation is 1. The Morgan fingerprint density at radius 2 is 2.13 bits per heavy atom. The maximum absolute atomic E-state index is 12.4. The van der Waals surface area contributed by atoms with Crippen LogP contribution >= 0.6 is 0 Å². The molecule has 0 aliphatic heterocycles. The Hall–Kier alpha value is -1.90. The Kier molecular flexibility index (Phi) is 3.22. The molecule has 0 saturated heterocycles. The molecule has 0 N–H and O–H groups in total. The van der Waals surface area contributed by atoms with E-state index in [4.69, 9.17) is 4.74 Å². The zero-order valence-corrected chi connectivity index (χ0v) is 14.1. The van der Waals surface area contributed by atoms with Crippen LogP contribution in [0.25, 0.3) is 10.8 Å². The summed E-state index contributed by atoms with van der Waals surface area (Å²) >= 11 is 0. The van der Waals surface area contributed by atoms with Gasteiger partial charge >= 0.3 is 5.97 Å². The quantitative estimate of drug-likeness (QED) is 0.802. The first kappa shape index (κ1) is 14.7. The van der Waals surface area contributed by atoms with Gasteiger partial charge in [0.2, 0.25) is 0 Å². The van der Waals surface area contributed by atoms with Gasteiger partial charge in [-0.15, -0.1) is 0 Å². The number of aromatic nitrogens is 1. The topological polar surface area (TPSA) is 39.2 Å². The monoisotopic (exact) mass is 309 g/mol. The van der Waals surface area contributed by atoms with Gasteiger partial charge in [-0.3, -0.25) is 9.78 Å². The number of esters is 1. The van der Waals surface area contributed by atoms with Crippen LogP contribution in [0.5, 0.6) is 0 Å². The van der Waals surface area contributed by atoms with Gasteiger partial charge in [-0.05, 0) is 73.2 Å². The van der Waals surface area contributed by atoms with Gasteiger partial charge in [0, 0.05) is 23.2 Å². The van der Waals surface area contributed by atoms with Gasteiger partial charge in [-0.1, -0.05) is 6.92 Å². The highest BCUT2D eigenvalue weighted by Gasteiger charge is 2.44. The zero-order valence-electron chi connectivity index (χ0n) is 14.1. The summed E-state index contributed by atoms with van der Waals surface area (Å²) in [6.45, 7) is 4.28. The standard InChI is InChI=1S/C20H23NO2/c1-4-20(19(22)23-3)9-14-7-15-11-21-18(13-5-6-13)8-16(15)12(2)17(14)10-20/h7-8,11,13H,4-6,9-10H2,1-3H3. The van der Waals surface area contributed by atoms with Crippen molar-refractivity contribution in [3.05, 3.63) is 40.7 Å². The number of nitrogens with zero attached hydrogens (tertiary/aromatic N) is 1. The lowest BCUT2D eigenvalue weighted by Crippen LogP contribution is -2.32. The summed E-state index contributed by atoms with van der Waals surface area (Å²) in [6, 6.07) is 4.51. The fourth-order valence-corrected chi connectivity index (χ4v) is 4.13. The van der Waals surface area contributed by atoms with Crippen molar-refractivity contribution in [2.24, 2.45) is 5.41 Å². The second-order valence-electron chi connectivity index (χ2n) is 7.22. The maximum Gasteiger partial charge on any atom is 0.312 e. The van der Waals surface area contributed by atoms with E-state index < -0.39 is 0 Å². The summed E-state index contributed by atoms with van der Waals surface area (Å²) < 4.78 is 5.10. The highest BCUT2D eigenvalue weighted by Crippen LogP contribution is 2.45. The highest BCUT2D eigenvalue weighted by atomic mass is 16.5. The van der Waals surface area contributed by atoms with Crippen LogP contribution in [0.2, 0.25) is 0 Å². The number of pyridine rings is 1. The zero-order chi connectivity index (χ0) is 16.2. The molecule has 3 heteroatoms. The average Bonchev–Trinajstić information content (AvgIpc) is 3.35.